The van der Waals surface area contributed by atoms with Gasteiger partial charge in [-0.15, -0.1) is 0 Å². The normalized spacial score (nSPS) is 15.1. The summed E-state index contributed by atoms with van der Waals surface area (Å²) in [5.74, 6) is 1.01. The largest absolute Gasteiger partial charge is 0.497 e. The number of benzene rings is 2. The first-order valence-corrected chi connectivity index (χ1v) is 8.58. The Morgan fingerprint density at radius 1 is 1.22 bits per heavy atom. The summed E-state index contributed by atoms with van der Waals surface area (Å²) in [6.07, 6.45) is 0.827. The zero-order valence-electron chi connectivity index (χ0n) is 15.4. The average Bonchev–Trinajstić information content (AvgIpc) is 2.98. The van der Waals surface area contributed by atoms with Crippen LogP contribution in [0.1, 0.15) is 29.8 Å². The molecule has 2 aromatic carbocycles. The van der Waals surface area contributed by atoms with Gasteiger partial charge in [0.1, 0.15) is 17.2 Å². The van der Waals surface area contributed by atoms with E-state index in [4.69, 9.17) is 18.9 Å². The number of hydrogen-bond acceptors (Lipinski definition) is 6. The van der Waals surface area contributed by atoms with Gasteiger partial charge >= 0.3 is 5.97 Å². The van der Waals surface area contributed by atoms with Gasteiger partial charge in [-0.25, -0.2) is 4.79 Å². The molecule has 0 amide bonds. The number of esters is 1. The molecule has 0 N–H and O–H groups in total. The van der Waals surface area contributed by atoms with Gasteiger partial charge in [-0.3, -0.25) is 4.79 Å². The van der Waals surface area contributed by atoms with Crippen molar-refractivity contribution < 1.29 is 28.5 Å². The van der Waals surface area contributed by atoms with Crippen LogP contribution in [0.5, 0.6) is 17.2 Å². The molecule has 2 aromatic rings. The van der Waals surface area contributed by atoms with E-state index in [1.807, 2.05) is 6.07 Å². The Balaban J connectivity index is 1.86. The number of carbonyl (C=O) groups is 2. The first-order chi connectivity index (χ1) is 13.0. The highest BCUT2D eigenvalue weighted by Crippen LogP contribution is 2.35. The molecule has 1 atom stereocenters. The van der Waals surface area contributed by atoms with Gasteiger partial charge < -0.3 is 18.9 Å². The van der Waals surface area contributed by atoms with Crippen molar-refractivity contribution in [3.63, 3.8) is 0 Å². The molecule has 0 spiro atoms. The summed E-state index contributed by atoms with van der Waals surface area (Å²) in [7, 11) is 1.55. The van der Waals surface area contributed by atoms with Crippen LogP contribution in [0.3, 0.4) is 0 Å². The molecule has 1 heterocycles. The minimum atomic E-state index is -0.772. The molecule has 0 aromatic heterocycles. The molecule has 27 heavy (non-hydrogen) atoms. The monoisotopic (exact) mass is 368 g/mol. The third kappa shape index (κ3) is 3.95. The SMILES string of the molecule is CCOC(=O)[C@@H](C)Oc1ccccc1/C=C1\Oc2cc(OC)ccc2C1=O. The lowest BCUT2D eigenvalue weighted by Crippen LogP contribution is -2.26. The number of allylic oxidation sites excluding steroid dienone is 1. The highest BCUT2D eigenvalue weighted by Gasteiger charge is 2.28. The van der Waals surface area contributed by atoms with Crippen molar-refractivity contribution in [2.75, 3.05) is 13.7 Å². The van der Waals surface area contributed by atoms with E-state index in [1.54, 1.807) is 63.4 Å². The van der Waals surface area contributed by atoms with Crippen LogP contribution in [-0.4, -0.2) is 31.6 Å². The lowest BCUT2D eigenvalue weighted by atomic mass is 10.1. The van der Waals surface area contributed by atoms with Crippen LogP contribution in [0.2, 0.25) is 0 Å². The quantitative estimate of drug-likeness (QED) is 0.573. The summed E-state index contributed by atoms with van der Waals surface area (Å²) in [6.45, 7) is 3.63. The minimum Gasteiger partial charge on any atom is -0.497 e. The lowest BCUT2D eigenvalue weighted by molar-refractivity contribution is -0.150. The van der Waals surface area contributed by atoms with Crippen molar-refractivity contribution in [1.82, 2.24) is 0 Å². The molecule has 0 saturated heterocycles. The molecule has 0 aliphatic carbocycles. The second-order valence-corrected chi connectivity index (χ2v) is 5.85. The standard InChI is InChI=1S/C21H20O6/c1-4-25-21(23)13(2)26-17-8-6-5-7-14(17)11-19-20(22)16-10-9-15(24-3)12-18(16)27-19/h5-13H,4H2,1-3H3/b19-11-/t13-/m1/s1. The summed E-state index contributed by atoms with van der Waals surface area (Å²) in [5, 5.41) is 0. The number of ether oxygens (including phenoxy) is 4. The summed E-state index contributed by atoms with van der Waals surface area (Å²) >= 11 is 0. The van der Waals surface area contributed by atoms with Gasteiger partial charge in [0.15, 0.2) is 11.9 Å². The van der Waals surface area contributed by atoms with Crippen LogP contribution in [-0.2, 0) is 9.53 Å². The van der Waals surface area contributed by atoms with E-state index in [0.717, 1.165) is 0 Å². The Morgan fingerprint density at radius 3 is 2.74 bits per heavy atom. The molecule has 0 saturated carbocycles. The summed E-state index contributed by atoms with van der Waals surface area (Å²) in [5.41, 5.74) is 1.09. The van der Waals surface area contributed by atoms with Crippen molar-refractivity contribution in [3.8, 4) is 17.2 Å². The van der Waals surface area contributed by atoms with Crippen molar-refractivity contribution in [3.05, 3.63) is 59.4 Å². The highest BCUT2D eigenvalue weighted by molar-refractivity contribution is 6.14. The van der Waals surface area contributed by atoms with Gasteiger partial charge in [-0.05, 0) is 38.1 Å². The van der Waals surface area contributed by atoms with Crippen LogP contribution >= 0.6 is 0 Å². The van der Waals surface area contributed by atoms with E-state index < -0.39 is 12.1 Å². The first kappa shape index (κ1) is 18.5. The number of hydrogen-bond donors (Lipinski definition) is 0. The van der Waals surface area contributed by atoms with Crippen LogP contribution in [0.15, 0.2) is 48.2 Å². The molecule has 140 valence electrons. The van der Waals surface area contributed by atoms with E-state index in [2.05, 4.69) is 0 Å². The molecule has 6 nitrogen and oxygen atoms in total. The predicted octanol–water partition coefficient (Wildman–Crippen LogP) is 3.64. The fourth-order valence-corrected chi connectivity index (χ4v) is 2.64. The minimum absolute atomic E-state index is 0.179. The fourth-order valence-electron chi connectivity index (χ4n) is 2.64. The molecule has 0 fully saturated rings. The maximum Gasteiger partial charge on any atom is 0.347 e. The van der Waals surface area contributed by atoms with Crippen LogP contribution in [0.4, 0.5) is 0 Å². The van der Waals surface area contributed by atoms with E-state index >= 15 is 0 Å². The molecule has 6 heteroatoms. The van der Waals surface area contributed by atoms with Gasteiger partial charge in [0.05, 0.1) is 19.3 Å². The number of rotatable bonds is 6. The second kappa shape index (κ2) is 7.95. The summed E-state index contributed by atoms with van der Waals surface area (Å²) in [6, 6.07) is 12.1. The van der Waals surface area contributed by atoms with Crippen molar-refractivity contribution in [2.24, 2.45) is 0 Å². The Kier molecular flexibility index (Phi) is 5.45. The summed E-state index contributed by atoms with van der Waals surface area (Å²) in [4.78, 5) is 24.4. The Labute approximate surface area is 157 Å². The van der Waals surface area contributed by atoms with E-state index in [9.17, 15) is 9.59 Å². The van der Waals surface area contributed by atoms with Crippen LogP contribution in [0.25, 0.3) is 6.08 Å². The third-order valence-corrected chi connectivity index (χ3v) is 4.00. The van der Waals surface area contributed by atoms with Gasteiger partial charge in [0.2, 0.25) is 5.78 Å². The number of para-hydroxylation sites is 1. The Hall–Kier alpha value is -3.28. The number of carbonyl (C=O) groups excluding carboxylic acids is 2. The first-order valence-electron chi connectivity index (χ1n) is 8.58. The van der Waals surface area contributed by atoms with Crippen molar-refractivity contribution >= 4 is 17.8 Å². The van der Waals surface area contributed by atoms with Gasteiger partial charge in [0.25, 0.3) is 0 Å². The van der Waals surface area contributed by atoms with Gasteiger partial charge in [-0.2, -0.15) is 0 Å². The van der Waals surface area contributed by atoms with Crippen LogP contribution < -0.4 is 14.2 Å². The maximum absolute atomic E-state index is 12.6. The molecular weight excluding hydrogens is 348 g/mol. The van der Waals surface area contributed by atoms with E-state index in [-0.39, 0.29) is 18.1 Å². The van der Waals surface area contributed by atoms with E-state index in [0.29, 0.717) is 28.4 Å². The molecule has 1 aliphatic rings. The number of Topliss-reactive ketones (excluding diaryl/α,β-unsaturated/α-hetero) is 1. The zero-order chi connectivity index (χ0) is 19.4. The number of ketones is 1. The van der Waals surface area contributed by atoms with Crippen molar-refractivity contribution in [1.29, 1.82) is 0 Å². The van der Waals surface area contributed by atoms with Gasteiger partial charge in [-0.1, -0.05) is 18.2 Å². The van der Waals surface area contributed by atoms with Gasteiger partial charge in [0, 0.05) is 11.6 Å². The topological polar surface area (TPSA) is 71.1 Å². The number of methoxy groups -OCH3 is 1. The molecule has 0 radical (unpaired) electrons. The maximum atomic E-state index is 12.6. The number of fused-ring (bicyclic) bond motifs is 1. The third-order valence-electron chi connectivity index (χ3n) is 4.00. The Morgan fingerprint density at radius 2 is 2.00 bits per heavy atom. The molecule has 0 bridgehead atoms. The Bertz CT molecular complexity index is 899. The molecule has 1 aliphatic heterocycles. The zero-order valence-corrected chi connectivity index (χ0v) is 15.4. The average molecular weight is 368 g/mol. The van der Waals surface area contributed by atoms with Crippen molar-refractivity contribution in [2.45, 2.75) is 20.0 Å². The molecular formula is C21H20O6. The lowest BCUT2D eigenvalue weighted by Gasteiger charge is -2.15. The molecule has 0 unspecified atom stereocenters. The van der Waals surface area contributed by atoms with E-state index in [1.165, 1.54) is 0 Å². The van der Waals surface area contributed by atoms with Crippen LogP contribution in [0, 0.1) is 0 Å². The highest BCUT2D eigenvalue weighted by atomic mass is 16.6. The summed E-state index contributed by atoms with van der Waals surface area (Å²) < 4.78 is 21.5. The predicted molar refractivity (Wildman–Crippen MR) is 99.1 cm³/mol. The molecule has 3 rings (SSSR count). The second-order valence-electron chi connectivity index (χ2n) is 5.85. The smallest absolute Gasteiger partial charge is 0.347 e. The fraction of sp³-hybridized carbons (Fsp3) is 0.238.